The molecule has 0 aliphatic carbocycles. The molecule has 0 aliphatic heterocycles. The lowest BCUT2D eigenvalue weighted by Gasteiger charge is -2.08. The Bertz CT molecular complexity index is 317. The molecule has 0 aromatic carbocycles. The molecule has 13 heavy (non-hydrogen) atoms. The minimum atomic E-state index is -0.477. The molecule has 1 aromatic rings. The van der Waals surface area contributed by atoms with Crippen LogP contribution < -0.4 is 0 Å². The number of alkyl halides is 1. The minimum absolute atomic E-state index is 0.227. The summed E-state index contributed by atoms with van der Waals surface area (Å²) in [5.74, 6) is -0.477. The number of rotatable bonds is 2. The van der Waals surface area contributed by atoms with E-state index in [2.05, 4.69) is 48.7 Å². The summed E-state index contributed by atoms with van der Waals surface area (Å²) in [4.78, 5) is 0. The molecule has 0 N–H and O–H groups in total. The van der Waals surface area contributed by atoms with Crippen molar-refractivity contribution in [3.8, 4) is 0 Å². The predicted molar refractivity (Wildman–Crippen MR) is 61.5 cm³/mol. The number of hydrogen-bond donors (Lipinski definition) is 0. The van der Waals surface area contributed by atoms with Crippen molar-refractivity contribution >= 4 is 38.5 Å². The highest BCUT2D eigenvalue weighted by Gasteiger charge is 2.15. The average molecular weight is 359 g/mol. The molecule has 0 bridgehead atoms. The lowest BCUT2D eigenvalue weighted by molar-refractivity contribution is 0.541. The van der Waals surface area contributed by atoms with Gasteiger partial charge in [0.15, 0.2) is 0 Å². The first-order chi connectivity index (χ1) is 6.07. The number of halogens is 3. The summed E-state index contributed by atoms with van der Waals surface area (Å²) in [5.41, 5.74) is 1.41. The Morgan fingerprint density at radius 1 is 1.54 bits per heavy atom. The van der Waals surface area contributed by atoms with Crippen molar-refractivity contribution in [1.82, 2.24) is 10.2 Å². The van der Waals surface area contributed by atoms with Crippen molar-refractivity contribution in [2.45, 2.75) is 24.2 Å². The van der Waals surface area contributed by atoms with Gasteiger partial charge in [-0.3, -0.25) is 0 Å². The van der Waals surface area contributed by atoms with E-state index in [1.807, 2.05) is 13.8 Å². The van der Waals surface area contributed by atoms with Gasteiger partial charge in [0.05, 0.1) is 9.62 Å². The van der Waals surface area contributed by atoms with Gasteiger partial charge in [0.1, 0.15) is 0 Å². The molecule has 1 rings (SSSR count). The van der Waals surface area contributed by atoms with Gasteiger partial charge in [0.25, 0.3) is 0 Å². The van der Waals surface area contributed by atoms with E-state index < -0.39 is 5.95 Å². The van der Waals surface area contributed by atoms with Gasteiger partial charge in [0.2, 0.25) is 5.95 Å². The van der Waals surface area contributed by atoms with Crippen molar-refractivity contribution in [3.63, 3.8) is 0 Å². The summed E-state index contributed by atoms with van der Waals surface area (Å²) in [6.45, 7) is 3.89. The van der Waals surface area contributed by atoms with Crippen molar-refractivity contribution in [3.05, 3.63) is 21.7 Å². The van der Waals surface area contributed by atoms with E-state index in [9.17, 15) is 4.39 Å². The van der Waals surface area contributed by atoms with Crippen LogP contribution in [0.2, 0.25) is 0 Å². The summed E-state index contributed by atoms with van der Waals surface area (Å²) in [6, 6.07) is 0. The Morgan fingerprint density at radius 3 is 2.62 bits per heavy atom. The zero-order valence-corrected chi connectivity index (χ0v) is 11.1. The highest BCUT2D eigenvalue weighted by atomic mass is 127. The second-order valence-corrected chi connectivity index (χ2v) is 5.30. The Morgan fingerprint density at radius 2 is 2.15 bits per heavy atom. The Hall–Kier alpha value is 0.220. The Balaban J connectivity index is 3.27. The maximum absolute atomic E-state index is 13.1. The summed E-state index contributed by atoms with van der Waals surface area (Å²) in [5, 5.41) is 7.29. The van der Waals surface area contributed by atoms with Crippen LogP contribution in [0.5, 0.6) is 0 Å². The van der Waals surface area contributed by atoms with Gasteiger partial charge >= 0.3 is 0 Å². The van der Waals surface area contributed by atoms with E-state index in [4.69, 9.17) is 0 Å². The molecule has 0 saturated carbocycles. The monoisotopic (exact) mass is 358 g/mol. The van der Waals surface area contributed by atoms with Crippen molar-refractivity contribution in [2.75, 3.05) is 0 Å². The quantitative estimate of drug-likeness (QED) is 0.598. The second-order valence-electron chi connectivity index (χ2n) is 2.64. The molecular weight excluding hydrogens is 350 g/mol. The summed E-state index contributed by atoms with van der Waals surface area (Å²) in [7, 11) is 0. The maximum Gasteiger partial charge on any atom is 0.237 e. The van der Waals surface area contributed by atoms with E-state index in [1.165, 1.54) is 0 Å². The molecule has 0 amide bonds. The number of hydrogen-bond acceptors (Lipinski definition) is 2. The van der Waals surface area contributed by atoms with Crippen LogP contribution in [0, 0.1) is 5.95 Å². The highest BCUT2D eigenvalue weighted by molar-refractivity contribution is 14.1. The zero-order valence-electron chi connectivity index (χ0n) is 7.31. The van der Waals surface area contributed by atoms with Crippen LogP contribution in [0.25, 0.3) is 0 Å². The first-order valence-electron chi connectivity index (χ1n) is 3.92. The van der Waals surface area contributed by atoms with E-state index >= 15 is 0 Å². The summed E-state index contributed by atoms with van der Waals surface area (Å²) in [6.07, 6.45) is 0.623. The normalized spacial score (nSPS) is 13.0. The van der Waals surface area contributed by atoms with Crippen LogP contribution in [0.15, 0.2) is 4.47 Å². The summed E-state index contributed by atoms with van der Waals surface area (Å²) >= 11 is 5.57. The Labute approximate surface area is 98.6 Å². The molecule has 5 heteroatoms. The molecule has 0 spiro atoms. The lowest BCUT2D eigenvalue weighted by Crippen LogP contribution is -2.03. The largest absolute Gasteiger partial charge is 0.237 e. The third-order valence-electron chi connectivity index (χ3n) is 1.71. The zero-order chi connectivity index (χ0) is 10.0. The molecule has 1 atom stereocenters. The molecule has 0 radical (unpaired) electrons. The highest BCUT2D eigenvalue weighted by Crippen LogP contribution is 2.30. The fraction of sp³-hybridized carbons (Fsp3) is 0.500. The standard InChI is InChI=1S/C8H9BrFIN2/c1-3-5-6(9)7(4(2)11)12-13-8(5)10/h4H,3H2,1-2H3. The molecule has 1 unspecified atom stereocenters. The lowest BCUT2D eigenvalue weighted by atomic mass is 10.2. The average Bonchev–Trinajstić information content (AvgIpc) is 2.04. The van der Waals surface area contributed by atoms with Crippen molar-refractivity contribution in [1.29, 1.82) is 0 Å². The second kappa shape index (κ2) is 4.63. The molecular formula is C8H9BrFIN2. The molecule has 0 fully saturated rings. The number of nitrogens with zero attached hydrogens (tertiary/aromatic N) is 2. The first-order valence-corrected chi connectivity index (χ1v) is 5.96. The van der Waals surface area contributed by atoms with Gasteiger partial charge < -0.3 is 0 Å². The van der Waals surface area contributed by atoms with Crippen molar-refractivity contribution < 1.29 is 4.39 Å². The van der Waals surface area contributed by atoms with Gasteiger partial charge in [-0.05, 0) is 29.3 Å². The van der Waals surface area contributed by atoms with Gasteiger partial charge in [-0.2, -0.15) is 9.49 Å². The molecule has 1 aromatic heterocycles. The minimum Gasteiger partial charge on any atom is -0.183 e. The third-order valence-corrected chi connectivity index (χ3v) is 3.19. The molecule has 72 valence electrons. The van der Waals surface area contributed by atoms with Gasteiger partial charge in [0, 0.05) is 10.0 Å². The SMILES string of the molecule is CCc1c(F)nnc(C(C)I)c1Br. The third kappa shape index (κ3) is 2.37. The fourth-order valence-corrected chi connectivity index (χ4v) is 2.73. The van der Waals surface area contributed by atoms with E-state index in [-0.39, 0.29) is 3.92 Å². The van der Waals surface area contributed by atoms with E-state index in [1.54, 1.807) is 0 Å². The maximum atomic E-state index is 13.1. The van der Waals surface area contributed by atoms with Crippen LogP contribution >= 0.6 is 38.5 Å². The van der Waals surface area contributed by atoms with Gasteiger partial charge in [-0.25, -0.2) is 0 Å². The van der Waals surface area contributed by atoms with Crippen molar-refractivity contribution in [2.24, 2.45) is 0 Å². The summed E-state index contributed by atoms with van der Waals surface area (Å²) < 4.78 is 14.1. The van der Waals surface area contributed by atoms with Crippen LogP contribution in [-0.4, -0.2) is 10.2 Å². The predicted octanol–water partition coefficient (Wildman–Crippen LogP) is 3.44. The topological polar surface area (TPSA) is 25.8 Å². The smallest absolute Gasteiger partial charge is 0.183 e. The number of aromatic nitrogens is 2. The first kappa shape index (κ1) is 11.3. The van der Waals surface area contributed by atoms with Gasteiger partial charge in [-0.1, -0.05) is 29.5 Å². The molecule has 0 aliphatic rings. The van der Waals surface area contributed by atoms with Crippen LogP contribution in [-0.2, 0) is 6.42 Å². The van der Waals surface area contributed by atoms with Crippen LogP contribution in [0.3, 0.4) is 0 Å². The molecule has 2 nitrogen and oxygen atoms in total. The Kier molecular flexibility index (Phi) is 4.03. The van der Waals surface area contributed by atoms with Crippen LogP contribution in [0.1, 0.15) is 29.0 Å². The molecule has 0 saturated heterocycles. The fourth-order valence-electron chi connectivity index (χ4n) is 1.00. The van der Waals surface area contributed by atoms with E-state index in [0.717, 1.165) is 10.2 Å². The van der Waals surface area contributed by atoms with E-state index in [0.29, 0.717) is 12.0 Å². The van der Waals surface area contributed by atoms with Crippen LogP contribution in [0.4, 0.5) is 4.39 Å². The molecule has 1 heterocycles. The van der Waals surface area contributed by atoms with Gasteiger partial charge in [-0.15, -0.1) is 5.10 Å².